The third kappa shape index (κ3) is 9.65. The Kier molecular flexibility index (Phi) is 11.0. The van der Waals surface area contributed by atoms with Gasteiger partial charge in [0.15, 0.2) is 12.4 Å². The molecule has 6 N–H and O–H groups in total. The van der Waals surface area contributed by atoms with E-state index in [2.05, 4.69) is 38.1 Å². The van der Waals surface area contributed by atoms with Crippen LogP contribution < -0.4 is 26.0 Å². The van der Waals surface area contributed by atoms with E-state index in [9.17, 15) is 24.6 Å². The molecule has 1 unspecified atom stereocenters. The molecular weight excluding hydrogens is 552 g/mol. The Morgan fingerprint density at radius 3 is 2.51 bits per heavy atom. The number of hydrogen-bond acceptors (Lipinski definition) is 9. The molecule has 0 bridgehead atoms. The first kappa shape index (κ1) is 32.2. The minimum Gasteiger partial charge on any atom is -0.506 e. The SMILES string of the molecule is CN1CCN(CC(=O)NCCCC(=O)Nc2ccc(CC(C)(C)NCC(O)c3ccc(O)c4c3OCC(=O)N4)cc2)CC1. The number of nitrogens with zero attached hydrogens (tertiary/aromatic N) is 2. The second kappa shape index (κ2) is 14.6. The number of aromatic hydroxyl groups is 1. The summed E-state index contributed by atoms with van der Waals surface area (Å²) in [5.74, 6) is -0.312. The molecule has 0 aliphatic carbocycles. The van der Waals surface area contributed by atoms with Crippen molar-refractivity contribution in [3.63, 3.8) is 0 Å². The molecule has 2 aromatic rings. The highest BCUT2D eigenvalue weighted by molar-refractivity contribution is 5.97. The van der Waals surface area contributed by atoms with Gasteiger partial charge in [0.2, 0.25) is 11.8 Å². The molecule has 1 atom stereocenters. The molecule has 0 aromatic heterocycles. The molecule has 0 radical (unpaired) electrons. The number of nitrogens with one attached hydrogen (secondary N) is 4. The number of piperazine rings is 1. The highest BCUT2D eigenvalue weighted by Gasteiger charge is 2.27. The fourth-order valence-electron chi connectivity index (χ4n) is 5.17. The smallest absolute Gasteiger partial charge is 0.262 e. The standard InChI is InChI=1S/C31H44N6O6/c1-31(2,33-18-25(39)23-10-11-24(38)29-30(23)43-20-28(42)35-29)17-21-6-8-22(9-7-21)34-26(40)5-4-12-32-27(41)19-37-15-13-36(3)14-16-37/h6-11,25,33,38-39H,4-5,12-20H2,1-3H3,(H,32,41)(H,34,40)(H,35,42). The lowest BCUT2D eigenvalue weighted by Gasteiger charge is -2.31. The minimum atomic E-state index is -0.925. The maximum absolute atomic E-state index is 12.4. The van der Waals surface area contributed by atoms with Crippen LogP contribution in [-0.4, -0.2) is 103 Å². The van der Waals surface area contributed by atoms with Crippen molar-refractivity contribution in [1.29, 1.82) is 0 Å². The third-order valence-corrected chi connectivity index (χ3v) is 7.66. The number of carbonyl (C=O) groups excluding carboxylic acids is 3. The van der Waals surface area contributed by atoms with Gasteiger partial charge >= 0.3 is 0 Å². The van der Waals surface area contributed by atoms with Crippen molar-refractivity contribution in [3.05, 3.63) is 47.5 Å². The van der Waals surface area contributed by atoms with E-state index in [-0.39, 0.29) is 53.6 Å². The number of rotatable bonds is 13. The zero-order chi connectivity index (χ0) is 31.0. The van der Waals surface area contributed by atoms with Gasteiger partial charge in [-0.25, -0.2) is 0 Å². The molecule has 0 saturated carbocycles. The van der Waals surface area contributed by atoms with Gasteiger partial charge in [-0.2, -0.15) is 0 Å². The summed E-state index contributed by atoms with van der Waals surface area (Å²) in [7, 11) is 2.08. The second-order valence-corrected chi connectivity index (χ2v) is 12.0. The minimum absolute atomic E-state index is 0.00394. The number of benzene rings is 2. The Hall–Kier alpha value is -3.71. The Morgan fingerprint density at radius 1 is 1.07 bits per heavy atom. The predicted molar refractivity (Wildman–Crippen MR) is 164 cm³/mol. The summed E-state index contributed by atoms with van der Waals surface area (Å²) in [5, 5.41) is 32.7. The summed E-state index contributed by atoms with van der Waals surface area (Å²) in [5.41, 5.74) is 2.04. The van der Waals surface area contributed by atoms with Gasteiger partial charge in [-0.15, -0.1) is 0 Å². The summed E-state index contributed by atoms with van der Waals surface area (Å²) in [4.78, 5) is 40.6. The van der Waals surface area contributed by atoms with Crippen molar-refractivity contribution in [1.82, 2.24) is 20.4 Å². The van der Waals surface area contributed by atoms with E-state index < -0.39 is 6.10 Å². The van der Waals surface area contributed by atoms with E-state index in [4.69, 9.17) is 4.74 Å². The normalized spacial score (nSPS) is 16.5. The van der Waals surface area contributed by atoms with E-state index in [1.54, 1.807) is 6.07 Å². The Morgan fingerprint density at radius 2 is 1.79 bits per heavy atom. The van der Waals surface area contributed by atoms with Crippen molar-refractivity contribution >= 4 is 29.1 Å². The molecule has 1 fully saturated rings. The van der Waals surface area contributed by atoms with Crippen LogP contribution in [0.1, 0.15) is 43.9 Å². The van der Waals surface area contributed by atoms with E-state index in [1.165, 1.54) is 6.07 Å². The van der Waals surface area contributed by atoms with Crippen molar-refractivity contribution in [2.75, 3.05) is 70.1 Å². The van der Waals surface area contributed by atoms with E-state index >= 15 is 0 Å². The van der Waals surface area contributed by atoms with Crippen molar-refractivity contribution in [2.45, 2.75) is 44.8 Å². The number of likely N-dealkylation sites (N-methyl/N-ethyl adjacent to an activating group) is 1. The third-order valence-electron chi connectivity index (χ3n) is 7.66. The largest absolute Gasteiger partial charge is 0.506 e. The second-order valence-electron chi connectivity index (χ2n) is 12.0. The summed E-state index contributed by atoms with van der Waals surface area (Å²) < 4.78 is 5.49. The number of aliphatic hydroxyl groups is 1. The summed E-state index contributed by atoms with van der Waals surface area (Å²) in [6, 6.07) is 10.7. The maximum Gasteiger partial charge on any atom is 0.262 e. The van der Waals surface area contributed by atoms with Gasteiger partial charge in [0.25, 0.3) is 5.91 Å². The van der Waals surface area contributed by atoms with Crippen LogP contribution in [0.5, 0.6) is 11.5 Å². The van der Waals surface area contributed by atoms with Crippen LogP contribution in [-0.2, 0) is 20.8 Å². The van der Waals surface area contributed by atoms with Crippen LogP contribution >= 0.6 is 0 Å². The first-order chi connectivity index (χ1) is 20.5. The fraction of sp³-hybridized carbons (Fsp3) is 0.516. The number of fused-ring (bicyclic) bond motifs is 1. The number of phenols is 1. The number of β-amino-alcohol motifs (C(OH)–C–C–N with tert-alkyl or cyclic N) is 1. The molecule has 12 heteroatoms. The first-order valence-corrected chi connectivity index (χ1v) is 14.8. The van der Waals surface area contributed by atoms with Crippen LogP contribution in [0.15, 0.2) is 36.4 Å². The molecule has 1 saturated heterocycles. The number of phenolic OH excluding ortho intramolecular Hbond substituents is 1. The molecule has 43 heavy (non-hydrogen) atoms. The Bertz CT molecular complexity index is 1280. The van der Waals surface area contributed by atoms with Gasteiger partial charge in [-0.1, -0.05) is 12.1 Å². The lowest BCUT2D eigenvalue weighted by Crippen LogP contribution is -2.48. The van der Waals surface area contributed by atoms with Crippen LogP contribution in [0, 0.1) is 0 Å². The molecule has 2 heterocycles. The molecule has 3 amide bonds. The number of aliphatic hydroxyl groups excluding tert-OH is 1. The highest BCUT2D eigenvalue weighted by Crippen LogP contribution is 2.41. The molecule has 4 rings (SSSR count). The fourth-order valence-corrected chi connectivity index (χ4v) is 5.17. The number of hydrogen-bond donors (Lipinski definition) is 6. The predicted octanol–water partition coefficient (Wildman–Crippen LogP) is 1.45. The topological polar surface area (TPSA) is 156 Å². The van der Waals surface area contributed by atoms with Gasteiger partial charge in [0, 0.05) is 62.5 Å². The van der Waals surface area contributed by atoms with Crippen LogP contribution in [0.3, 0.4) is 0 Å². The number of amides is 3. The molecule has 12 nitrogen and oxygen atoms in total. The Labute approximate surface area is 252 Å². The van der Waals surface area contributed by atoms with Crippen molar-refractivity contribution < 1.29 is 29.3 Å². The lowest BCUT2D eigenvalue weighted by molar-refractivity contribution is -0.123. The van der Waals surface area contributed by atoms with Gasteiger partial charge in [0.05, 0.1) is 12.6 Å². The van der Waals surface area contributed by atoms with E-state index in [0.29, 0.717) is 43.6 Å². The molecule has 234 valence electrons. The van der Waals surface area contributed by atoms with Crippen molar-refractivity contribution in [3.8, 4) is 11.5 Å². The quantitative estimate of drug-likeness (QED) is 0.149. The van der Waals surface area contributed by atoms with Crippen LogP contribution in [0.25, 0.3) is 0 Å². The van der Waals surface area contributed by atoms with E-state index in [1.807, 2.05) is 38.1 Å². The number of ether oxygens (including phenoxy) is 1. The average molecular weight is 597 g/mol. The number of carbonyl (C=O) groups is 3. The van der Waals surface area contributed by atoms with Crippen LogP contribution in [0.2, 0.25) is 0 Å². The van der Waals surface area contributed by atoms with E-state index in [0.717, 1.165) is 31.7 Å². The Balaban J connectivity index is 1.16. The maximum atomic E-state index is 12.4. The summed E-state index contributed by atoms with van der Waals surface area (Å²) >= 11 is 0. The molecule has 2 aliphatic heterocycles. The molecule has 0 spiro atoms. The van der Waals surface area contributed by atoms with Gasteiger partial charge < -0.3 is 41.1 Å². The first-order valence-electron chi connectivity index (χ1n) is 14.8. The molecule has 2 aromatic carbocycles. The lowest BCUT2D eigenvalue weighted by atomic mass is 9.94. The summed E-state index contributed by atoms with van der Waals surface area (Å²) in [6.07, 6.45) is 0.628. The number of anilines is 2. The van der Waals surface area contributed by atoms with Gasteiger partial charge in [-0.05, 0) is 63.6 Å². The zero-order valence-corrected chi connectivity index (χ0v) is 25.2. The molecular formula is C31H44N6O6. The average Bonchev–Trinajstić information content (AvgIpc) is 2.97. The zero-order valence-electron chi connectivity index (χ0n) is 25.2. The molecule has 2 aliphatic rings. The van der Waals surface area contributed by atoms with Gasteiger partial charge in [0.1, 0.15) is 11.4 Å². The van der Waals surface area contributed by atoms with Crippen molar-refractivity contribution in [2.24, 2.45) is 0 Å². The monoisotopic (exact) mass is 596 g/mol. The summed E-state index contributed by atoms with van der Waals surface area (Å²) in [6.45, 7) is 8.70. The van der Waals surface area contributed by atoms with Crippen LogP contribution in [0.4, 0.5) is 11.4 Å². The highest BCUT2D eigenvalue weighted by atomic mass is 16.5. The van der Waals surface area contributed by atoms with Gasteiger partial charge in [-0.3, -0.25) is 19.3 Å².